The van der Waals surface area contributed by atoms with Crippen LogP contribution in [0.15, 0.2) is 12.4 Å². The Labute approximate surface area is 82.7 Å². The van der Waals surface area contributed by atoms with Gasteiger partial charge >= 0.3 is 5.97 Å². The van der Waals surface area contributed by atoms with Crippen molar-refractivity contribution in [1.82, 2.24) is 9.97 Å². The van der Waals surface area contributed by atoms with Gasteiger partial charge in [-0.05, 0) is 12.5 Å². The summed E-state index contributed by atoms with van der Waals surface area (Å²) in [7, 11) is 3.09. The van der Waals surface area contributed by atoms with Crippen LogP contribution >= 0.6 is 0 Å². The highest BCUT2D eigenvalue weighted by Gasteiger charge is 2.08. The van der Waals surface area contributed by atoms with Gasteiger partial charge in [-0.1, -0.05) is 0 Å². The minimum absolute atomic E-state index is 0.152. The zero-order chi connectivity index (χ0) is 10.6. The molecule has 0 fully saturated rings. The normalized spacial score (nSPS) is 9.64. The number of nitrogens with zero attached hydrogens (tertiary/aromatic N) is 3. The van der Waals surface area contributed by atoms with Crippen LogP contribution in [0.25, 0.3) is 0 Å². The number of anilines is 1. The van der Waals surface area contributed by atoms with Crippen LogP contribution in [-0.2, 0) is 9.53 Å². The summed E-state index contributed by atoms with van der Waals surface area (Å²) >= 11 is 0. The van der Waals surface area contributed by atoms with E-state index in [-0.39, 0.29) is 12.5 Å². The Hall–Kier alpha value is -1.65. The summed E-state index contributed by atoms with van der Waals surface area (Å²) < 4.78 is 4.53. The molecule has 14 heavy (non-hydrogen) atoms. The van der Waals surface area contributed by atoms with Gasteiger partial charge in [0.15, 0.2) is 0 Å². The predicted molar refractivity (Wildman–Crippen MR) is 52.1 cm³/mol. The largest absolute Gasteiger partial charge is 0.468 e. The number of aromatic nitrogens is 2. The van der Waals surface area contributed by atoms with Crippen LogP contribution in [-0.4, -0.2) is 36.6 Å². The van der Waals surface area contributed by atoms with E-state index in [0.717, 1.165) is 5.56 Å². The standard InChI is InChI=1S/C9H13N3O2/c1-7-4-10-9(11-5-7)12(2)6-8(13)14-3/h4-5H,6H2,1-3H3. The number of rotatable bonds is 3. The fourth-order valence-corrected chi connectivity index (χ4v) is 0.912. The van der Waals surface area contributed by atoms with Gasteiger partial charge in [-0.3, -0.25) is 4.79 Å². The molecule has 1 aromatic rings. The van der Waals surface area contributed by atoms with Crippen molar-refractivity contribution < 1.29 is 9.53 Å². The molecule has 5 heteroatoms. The van der Waals surface area contributed by atoms with Crippen molar-refractivity contribution in [2.45, 2.75) is 6.92 Å². The molecule has 0 amide bonds. The van der Waals surface area contributed by atoms with E-state index in [1.165, 1.54) is 7.11 Å². The summed E-state index contributed by atoms with van der Waals surface area (Å²) in [4.78, 5) is 20.7. The molecule has 1 aromatic heterocycles. The van der Waals surface area contributed by atoms with E-state index in [1.54, 1.807) is 24.3 Å². The van der Waals surface area contributed by atoms with Crippen molar-refractivity contribution in [3.05, 3.63) is 18.0 Å². The van der Waals surface area contributed by atoms with E-state index in [9.17, 15) is 4.79 Å². The van der Waals surface area contributed by atoms with E-state index in [0.29, 0.717) is 5.95 Å². The van der Waals surface area contributed by atoms with Crippen molar-refractivity contribution in [3.8, 4) is 0 Å². The Morgan fingerprint density at radius 1 is 1.50 bits per heavy atom. The molecular formula is C9H13N3O2. The van der Waals surface area contributed by atoms with E-state index < -0.39 is 0 Å². The third kappa shape index (κ3) is 2.69. The zero-order valence-electron chi connectivity index (χ0n) is 8.52. The molecule has 0 N–H and O–H groups in total. The molecule has 0 bridgehead atoms. The number of hydrogen-bond acceptors (Lipinski definition) is 5. The molecule has 1 heterocycles. The van der Waals surface area contributed by atoms with E-state index in [1.807, 2.05) is 6.92 Å². The van der Waals surface area contributed by atoms with Crippen molar-refractivity contribution in [2.24, 2.45) is 0 Å². The summed E-state index contributed by atoms with van der Waals surface area (Å²) in [5, 5.41) is 0. The highest BCUT2D eigenvalue weighted by molar-refractivity contribution is 5.74. The number of esters is 1. The molecule has 0 aliphatic rings. The predicted octanol–water partition coefficient (Wildman–Crippen LogP) is 0.394. The van der Waals surface area contributed by atoms with Gasteiger partial charge in [0.1, 0.15) is 6.54 Å². The molecule has 0 aliphatic heterocycles. The maximum atomic E-state index is 10.9. The van der Waals surface area contributed by atoms with E-state index in [2.05, 4.69) is 14.7 Å². The number of aryl methyl sites for hydroxylation is 1. The molecule has 0 saturated carbocycles. The number of carbonyl (C=O) groups excluding carboxylic acids is 1. The van der Waals surface area contributed by atoms with E-state index in [4.69, 9.17) is 0 Å². The number of carbonyl (C=O) groups is 1. The highest BCUT2D eigenvalue weighted by Crippen LogP contribution is 2.03. The first-order valence-electron chi connectivity index (χ1n) is 4.20. The first-order valence-corrected chi connectivity index (χ1v) is 4.20. The van der Waals surface area contributed by atoms with Gasteiger partial charge in [0.2, 0.25) is 5.95 Å². The number of methoxy groups -OCH3 is 1. The lowest BCUT2D eigenvalue weighted by atomic mass is 10.4. The Kier molecular flexibility index (Phi) is 3.39. The molecular weight excluding hydrogens is 182 g/mol. The molecule has 0 atom stereocenters. The lowest BCUT2D eigenvalue weighted by Gasteiger charge is -2.14. The van der Waals surface area contributed by atoms with E-state index >= 15 is 0 Å². The van der Waals surface area contributed by atoms with Crippen LogP contribution in [0.2, 0.25) is 0 Å². The summed E-state index contributed by atoms with van der Waals surface area (Å²) in [6.45, 7) is 2.06. The summed E-state index contributed by atoms with van der Waals surface area (Å²) in [6.07, 6.45) is 3.41. The minimum Gasteiger partial charge on any atom is -0.468 e. The van der Waals surface area contributed by atoms with Gasteiger partial charge in [0.05, 0.1) is 7.11 Å². The molecule has 0 aromatic carbocycles. The lowest BCUT2D eigenvalue weighted by Crippen LogP contribution is -2.27. The average molecular weight is 195 g/mol. The van der Waals surface area contributed by atoms with Crippen molar-refractivity contribution >= 4 is 11.9 Å². The SMILES string of the molecule is COC(=O)CN(C)c1ncc(C)cn1. The summed E-state index contributed by atoms with van der Waals surface area (Å²) in [5.74, 6) is 0.206. The highest BCUT2D eigenvalue weighted by atomic mass is 16.5. The van der Waals surface area contributed by atoms with Gasteiger partial charge in [-0.2, -0.15) is 0 Å². The molecule has 0 unspecified atom stereocenters. The smallest absolute Gasteiger partial charge is 0.325 e. The average Bonchev–Trinajstić information content (AvgIpc) is 2.18. The van der Waals surface area contributed by atoms with Crippen LogP contribution in [0.3, 0.4) is 0 Å². The Bertz CT molecular complexity index is 310. The third-order valence-corrected chi connectivity index (χ3v) is 1.70. The molecule has 5 nitrogen and oxygen atoms in total. The maximum absolute atomic E-state index is 10.9. The quantitative estimate of drug-likeness (QED) is 0.653. The molecule has 0 saturated heterocycles. The Balaban J connectivity index is 2.65. The minimum atomic E-state index is -0.309. The lowest BCUT2D eigenvalue weighted by molar-refractivity contribution is -0.138. The van der Waals surface area contributed by atoms with Crippen LogP contribution < -0.4 is 4.90 Å². The molecule has 0 spiro atoms. The molecule has 76 valence electrons. The van der Waals surface area contributed by atoms with Gasteiger partial charge < -0.3 is 9.64 Å². The van der Waals surface area contributed by atoms with Crippen LogP contribution in [0, 0.1) is 6.92 Å². The molecule has 0 radical (unpaired) electrons. The topological polar surface area (TPSA) is 55.3 Å². The first-order chi connectivity index (χ1) is 6.63. The zero-order valence-corrected chi connectivity index (χ0v) is 8.52. The fourth-order valence-electron chi connectivity index (χ4n) is 0.912. The van der Waals surface area contributed by atoms with Gasteiger partial charge in [0, 0.05) is 19.4 Å². The van der Waals surface area contributed by atoms with Crippen LogP contribution in [0.5, 0.6) is 0 Å². The monoisotopic (exact) mass is 195 g/mol. The van der Waals surface area contributed by atoms with Crippen molar-refractivity contribution in [3.63, 3.8) is 0 Å². The van der Waals surface area contributed by atoms with Crippen molar-refractivity contribution in [1.29, 1.82) is 0 Å². The number of ether oxygens (including phenoxy) is 1. The van der Waals surface area contributed by atoms with Crippen LogP contribution in [0.4, 0.5) is 5.95 Å². The first kappa shape index (κ1) is 10.4. The Morgan fingerprint density at radius 2 is 2.07 bits per heavy atom. The summed E-state index contributed by atoms with van der Waals surface area (Å²) in [6, 6.07) is 0. The second-order valence-electron chi connectivity index (χ2n) is 2.99. The van der Waals surface area contributed by atoms with Crippen molar-refractivity contribution in [2.75, 3.05) is 25.6 Å². The molecule has 1 rings (SSSR count). The second kappa shape index (κ2) is 4.55. The van der Waals surface area contributed by atoms with Gasteiger partial charge in [-0.15, -0.1) is 0 Å². The third-order valence-electron chi connectivity index (χ3n) is 1.70. The summed E-state index contributed by atoms with van der Waals surface area (Å²) in [5.41, 5.74) is 0.986. The fraction of sp³-hybridized carbons (Fsp3) is 0.444. The Morgan fingerprint density at radius 3 is 2.57 bits per heavy atom. The maximum Gasteiger partial charge on any atom is 0.325 e. The van der Waals surface area contributed by atoms with Gasteiger partial charge in [-0.25, -0.2) is 9.97 Å². The van der Waals surface area contributed by atoms with Crippen LogP contribution in [0.1, 0.15) is 5.56 Å². The second-order valence-corrected chi connectivity index (χ2v) is 2.99. The molecule has 0 aliphatic carbocycles. The number of hydrogen-bond donors (Lipinski definition) is 0. The van der Waals surface area contributed by atoms with Gasteiger partial charge in [0.25, 0.3) is 0 Å². The number of likely N-dealkylation sites (N-methyl/N-ethyl adjacent to an activating group) is 1.